The minimum atomic E-state index is -2.09. The van der Waals surface area contributed by atoms with Crippen LogP contribution in [0.5, 0.6) is 11.5 Å². The van der Waals surface area contributed by atoms with Crippen LogP contribution >= 0.6 is 0 Å². The molecule has 0 amide bonds. The van der Waals surface area contributed by atoms with Gasteiger partial charge in [0.05, 0.1) is 6.10 Å². The lowest BCUT2D eigenvalue weighted by Crippen LogP contribution is -2.49. The van der Waals surface area contributed by atoms with Crippen LogP contribution < -0.4 is 9.47 Å². The van der Waals surface area contributed by atoms with Crippen molar-refractivity contribution in [2.45, 2.75) is 64.3 Å². The number of rotatable bonds is 7. The Hall–Kier alpha value is -1.63. The molecule has 1 heterocycles. The standard InChI is InChI=1S/C22H32O5Si/c1-13(2)28(14(3)4,15(5)6)27-11-19-17(10-23)7-16-8-20-21(26-12-25-20)9-18(16)22(19)24/h7-10,13-15,19,22,24H,11-12H2,1-6H3. The van der Waals surface area contributed by atoms with E-state index >= 15 is 0 Å². The Balaban J connectivity index is 1.91. The Bertz CT molecular complexity index is 747. The van der Waals surface area contributed by atoms with Crippen LogP contribution in [0.3, 0.4) is 0 Å². The highest BCUT2D eigenvalue weighted by molar-refractivity contribution is 6.77. The van der Waals surface area contributed by atoms with Crippen LogP contribution in [0.2, 0.25) is 16.6 Å². The monoisotopic (exact) mass is 404 g/mol. The van der Waals surface area contributed by atoms with Gasteiger partial charge in [-0.25, -0.2) is 0 Å². The maximum atomic E-state index is 11.8. The van der Waals surface area contributed by atoms with Crippen molar-refractivity contribution in [2.24, 2.45) is 5.92 Å². The van der Waals surface area contributed by atoms with Gasteiger partial charge in [-0.1, -0.05) is 41.5 Å². The van der Waals surface area contributed by atoms with Gasteiger partial charge in [0.15, 0.2) is 19.8 Å². The maximum absolute atomic E-state index is 11.8. The van der Waals surface area contributed by atoms with E-state index in [0.717, 1.165) is 17.4 Å². The molecule has 6 heteroatoms. The topological polar surface area (TPSA) is 65.0 Å². The zero-order chi connectivity index (χ0) is 20.6. The van der Waals surface area contributed by atoms with E-state index in [1.54, 1.807) is 0 Å². The molecule has 1 aliphatic carbocycles. The molecule has 0 fully saturated rings. The van der Waals surface area contributed by atoms with E-state index in [1.807, 2.05) is 18.2 Å². The summed E-state index contributed by atoms with van der Waals surface area (Å²) >= 11 is 0. The summed E-state index contributed by atoms with van der Waals surface area (Å²) in [6, 6.07) is 3.66. The second-order valence-electron chi connectivity index (χ2n) is 8.78. The van der Waals surface area contributed by atoms with Gasteiger partial charge in [0.2, 0.25) is 6.79 Å². The molecule has 2 unspecified atom stereocenters. The van der Waals surface area contributed by atoms with Crippen molar-refractivity contribution in [1.29, 1.82) is 0 Å². The summed E-state index contributed by atoms with van der Waals surface area (Å²) in [5.74, 6) is 0.900. The van der Waals surface area contributed by atoms with Crippen LogP contribution in [-0.4, -0.2) is 33.1 Å². The molecule has 0 saturated carbocycles. The number of aliphatic hydroxyl groups excluding tert-OH is 1. The second kappa shape index (κ2) is 8.01. The van der Waals surface area contributed by atoms with Crippen LogP contribution in [0.25, 0.3) is 6.08 Å². The number of benzene rings is 1. The van der Waals surface area contributed by atoms with E-state index in [9.17, 15) is 9.90 Å². The van der Waals surface area contributed by atoms with Crippen molar-refractivity contribution in [1.82, 2.24) is 0 Å². The minimum absolute atomic E-state index is 0.177. The van der Waals surface area contributed by atoms with E-state index in [-0.39, 0.29) is 12.7 Å². The Kier molecular flexibility index (Phi) is 6.03. The van der Waals surface area contributed by atoms with Crippen molar-refractivity contribution in [3.8, 4) is 11.5 Å². The molecule has 1 aromatic carbocycles. The zero-order valence-corrected chi connectivity index (χ0v) is 18.7. The fourth-order valence-electron chi connectivity index (χ4n) is 5.08. The molecule has 1 aromatic rings. The van der Waals surface area contributed by atoms with Crippen molar-refractivity contribution in [3.63, 3.8) is 0 Å². The number of hydrogen-bond donors (Lipinski definition) is 1. The first kappa shape index (κ1) is 21.1. The van der Waals surface area contributed by atoms with E-state index in [0.29, 0.717) is 40.3 Å². The molecule has 0 aromatic heterocycles. The van der Waals surface area contributed by atoms with E-state index in [1.165, 1.54) is 0 Å². The third kappa shape index (κ3) is 3.42. The molecule has 1 aliphatic heterocycles. The largest absolute Gasteiger partial charge is 0.454 e. The number of ether oxygens (including phenoxy) is 2. The average molecular weight is 405 g/mol. The van der Waals surface area contributed by atoms with Gasteiger partial charge < -0.3 is 19.0 Å². The Labute approximate surface area is 168 Å². The summed E-state index contributed by atoms with van der Waals surface area (Å²) in [4.78, 5) is 11.8. The van der Waals surface area contributed by atoms with Crippen molar-refractivity contribution >= 4 is 20.7 Å². The summed E-state index contributed by atoms with van der Waals surface area (Å²) in [5.41, 5.74) is 3.46. The maximum Gasteiger partial charge on any atom is 0.231 e. The first-order valence-corrected chi connectivity index (χ1v) is 12.3. The predicted molar refractivity (Wildman–Crippen MR) is 112 cm³/mol. The predicted octanol–water partition coefficient (Wildman–Crippen LogP) is 4.85. The SMILES string of the molecule is CC(C)[Si](OCC1C(C=O)=Cc2cc3c(cc2C1O)OCO3)(C(C)C)C(C)C. The van der Waals surface area contributed by atoms with Crippen LogP contribution in [0.15, 0.2) is 17.7 Å². The van der Waals surface area contributed by atoms with Gasteiger partial charge in [-0.15, -0.1) is 0 Å². The smallest absolute Gasteiger partial charge is 0.231 e. The van der Waals surface area contributed by atoms with Crippen LogP contribution in [0.1, 0.15) is 58.8 Å². The highest BCUT2D eigenvalue weighted by Crippen LogP contribution is 2.46. The average Bonchev–Trinajstić information content (AvgIpc) is 3.08. The molecule has 1 N–H and O–H groups in total. The van der Waals surface area contributed by atoms with Gasteiger partial charge >= 0.3 is 0 Å². The zero-order valence-electron chi connectivity index (χ0n) is 17.7. The van der Waals surface area contributed by atoms with Crippen LogP contribution in [-0.2, 0) is 9.22 Å². The minimum Gasteiger partial charge on any atom is -0.454 e. The van der Waals surface area contributed by atoms with E-state index in [4.69, 9.17) is 13.9 Å². The fourth-order valence-corrected chi connectivity index (χ4v) is 10.6. The molecule has 2 atom stereocenters. The van der Waals surface area contributed by atoms with E-state index in [2.05, 4.69) is 41.5 Å². The van der Waals surface area contributed by atoms with Crippen LogP contribution in [0, 0.1) is 5.92 Å². The number of carbonyl (C=O) groups is 1. The summed E-state index contributed by atoms with van der Waals surface area (Å²) in [6.07, 6.45) is 1.87. The van der Waals surface area contributed by atoms with E-state index < -0.39 is 14.4 Å². The summed E-state index contributed by atoms with van der Waals surface area (Å²) in [7, 11) is -2.09. The van der Waals surface area contributed by atoms with Gasteiger partial charge in [0.1, 0.15) is 6.29 Å². The molecule has 154 valence electrons. The Morgan fingerprint density at radius 2 is 1.68 bits per heavy atom. The molecular formula is C22H32O5Si. The number of hydrogen-bond acceptors (Lipinski definition) is 5. The third-order valence-electron chi connectivity index (χ3n) is 6.38. The van der Waals surface area contributed by atoms with Gasteiger partial charge in [-0.05, 0) is 46.0 Å². The Morgan fingerprint density at radius 1 is 1.11 bits per heavy atom. The summed E-state index contributed by atoms with van der Waals surface area (Å²) in [5, 5.41) is 11.1. The molecule has 5 nitrogen and oxygen atoms in total. The lowest BCUT2D eigenvalue weighted by atomic mass is 9.82. The van der Waals surface area contributed by atoms with Crippen molar-refractivity contribution in [3.05, 3.63) is 28.8 Å². The molecule has 0 bridgehead atoms. The first-order valence-electron chi connectivity index (χ1n) is 10.1. The van der Waals surface area contributed by atoms with Gasteiger partial charge in [0, 0.05) is 18.1 Å². The van der Waals surface area contributed by atoms with Crippen molar-refractivity contribution < 1.29 is 23.8 Å². The summed E-state index contributed by atoms with van der Waals surface area (Å²) < 4.78 is 17.6. The second-order valence-corrected chi connectivity index (χ2v) is 14.2. The van der Waals surface area contributed by atoms with Gasteiger partial charge in [0.25, 0.3) is 0 Å². The lowest BCUT2D eigenvalue weighted by Gasteiger charge is -2.43. The highest BCUT2D eigenvalue weighted by Gasteiger charge is 2.46. The number of fused-ring (bicyclic) bond motifs is 2. The molecule has 2 aliphatic rings. The molecule has 3 rings (SSSR count). The molecular weight excluding hydrogens is 372 g/mol. The normalized spacial score (nSPS) is 21.3. The molecule has 0 saturated heterocycles. The quantitative estimate of drug-likeness (QED) is 0.520. The molecule has 0 radical (unpaired) electrons. The van der Waals surface area contributed by atoms with Gasteiger partial charge in [-0.3, -0.25) is 4.79 Å². The number of carbonyl (C=O) groups excluding carboxylic acids is 1. The molecule has 0 spiro atoms. The highest BCUT2D eigenvalue weighted by atomic mass is 28.4. The first-order chi connectivity index (χ1) is 13.2. The van der Waals surface area contributed by atoms with Crippen molar-refractivity contribution in [2.75, 3.05) is 13.4 Å². The van der Waals surface area contributed by atoms with Crippen LogP contribution in [0.4, 0.5) is 0 Å². The molecule has 28 heavy (non-hydrogen) atoms. The third-order valence-corrected chi connectivity index (χ3v) is 12.5. The van der Waals surface area contributed by atoms with Gasteiger partial charge in [-0.2, -0.15) is 0 Å². The number of aldehydes is 1. The Morgan fingerprint density at radius 3 is 2.21 bits per heavy atom. The number of aliphatic hydroxyl groups is 1. The fraction of sp³-hybridized carbons (Fsp3) is 0.591. The lowest BCUT2D eigenvalue weighted by molar-refractivity contribution is -0.106. The summed E-state index contributed by atoms with van der Waals surface area (Å²) in [6.45, 7) is 13.9.